The Hall–Kier alpha value is -2.58. The minimum atomic E-state index is -1.49. The van der Waals surface area contributed by atoms with E-state index < -0.39 is 30.4 Å². The summed E-state index contributed by atoms with van der Waals surface area (Å²) >= 11 is 0. The number of rotatable bonds is 6. The number of anilines is 1. The second-order valence-corrected chi connectivity index (χ2v) is 3.67. The van der Waals surface area contributed by atoms with Crippen LogP contribution in [0.3, 0.4) is 0 Å². The number of carbonyl (C=O) groups excluding carboxylic acids is 1. The maximum atomic E-state index is 11.5. The van der Waals surface area contributed by atoms with E-state index in [1.54, 1.807) is 10.9 Å². The highest BCUT2D eigenvalue weighted by Crippen LogP contribution is 2.04. The predicted octanol–water partition coefficient (Wildman–Crippen LogP) is -0.0476. The molecule has 0 aromatic carbocycles. The van der Waals surface area contributed by atoms with Crippen molar-refractivity contribution < 1.29 is 24.6 Å². The number of amides is 2. The van der Waals surface area contributed by atoms with Crippen LogP contribution >= 0.6 is 0 Å². The maximum Gasteiger partial charge on any atom is 0.326 e. The third kappa shape index (κ3) is 4.66. The lowest BCUT2D eigenvalue weighted by atomic mass is 10.2. The Balaban J connectivity index is 2.57. The lowest BCUT2D eigenvalue weighted by Crippen LogP contribution is -2.44. The van der Waals surface area contributed by atoms with E-state index in [2.05, 4.69) is 15.7 Å². The Morgan fingerprint density at radius 1 is 1.42 bits per heavy atom. The SMILES string of the molecule is CCn1cc(NC(=O)N[C@H](CC(=O)O)C(=O)O)cn1. The van der Waals surface area contributed by atoms with Crippen molar-refractivity contribution in [3.05, 3.63) is 12.4 Å². The van der Waals surface area contributed by atoms with E-state index in [-0.39, 0.29) is 0 Å². The minimum Gasteiger partial charge on any atom is -0.481 e. The van der Waals surface area contributed by atoms with Gasteiger partial charge in [0.05, 0.1) is 18.3 Å². The van der Waals surface area contributed by atoms with Gasteiger partial charge in [-0.2, -0.15) is 5.10 Å². The molecule has 9 heteroatoms. The minimum absolute atomic E-state index is 0.388. The highest BCUT2D eigenvalue weighted by molar-refractivity contribution is 5.93. The Kier molecular flexibility index (Phi) is 4.86. The Bertz CT molecular complexity index is 484. The Morgan fingerprint density at radius 2 is 2.11 bits per heavy atom. The van der Waals surface area contributed by atoms with Gasteiger partial charge in [0.15, 0.2) is 0 Å². The molecule has 0 spiro atoms. The Labute approximate surface area is 108 Å². The van der Waals surface area contributed by atoms with E-state index in [9.17, 15) is 14.4 Å². The van der Waals surface area contributed by atoms with Gasteiger partial charge in [-0.05, 0) is 6.92 Å². The molecule has 1 rings (SSSR count). The molecule has 104 valence electrons. The van der Waals surface area contributed by atoms with E-state index in [0.717, 1.165) is 0 Å². The highest BCUT2D eigenvalue weighted by atomic mass is 16.4. The van der Waals surface area contributed by atoms with Gasteiger partial charge in [-0.25, -0.2) is 9.59 Å². The average Bonchev–Trinajstić information content (AvgIpc) is 2.75. The van der Waals surface area contributed by atoms with Crippen LogP contribution in [0.1, 0.15) is 13.3 Å². The van der Waals surface area contributed by atoms with Crippen LogP contribution in [0.15, 0.2) is 12.4 Å². The number of aromatic nitrogens is 2. The largest absolute Gasteiger partial charge is 0.481 e. The molecule has 9 nitrogen and oxygen atoms in total. The fraction of sp³-hybridized carbons (Fsp3) is 0.400. The number of urea groups is 1. The molecule has 0 aliphatic heterocycles. The lowest BCUT2D eigenvalue weighted by molar-refractivity contribution is -0.145. The quantitative estimate of drug-likeness (QED) is 0.572. The number of carbonyl (C=O) groups is 3. The second-order valence-electron chi connectivity index (χ2n) is 3.67. The fourth-order valence-electron chi connectivity index (χ4n) is 1.30. The van der Waals surface area contributed by atoms with Crippen LogP contribution in [0.25, 0.3) is 0 Å². The van der Waals surface area contributed by atoms with Crippen molar-refractivity contribution in [2.75, 3.05) is 5.32 Å². The molecular weight excluding hydrogens is 256 g/mol. The number of carboxylic acid groups (broad SMARTS) is 2. The number of hydrogen-bond acceptors (Lipinski definition) is 4. The van der Waals surface area contributed by atoms with Crippen molar-refractivity contribution in [3.8, 4) is 0 Å². The number of nitrogens with zero attached hydrogens (tertiary/aromatic N) is 2. The molecule has 1 atom stereocenters. The summed E-state index contributed by atoms with van der Waals surface area (Å²) in [6.07, 6.45) is 2.26. The van der Waals surface area contributed by atoms with E-state index in [1.807, 2.05) is 6.92 Å². The first-order valence-electron chi connectivity index (χ1n) is 5.47. The van der Waals surface area contributed by atoms with Crippen molar-refractivity contribution in [3.63, 3.8) is 0 Å². The molecule has 0 fully saturated rings. The summed E-state index contributed by atoms with van der Waals surface area (Å²) in [7, 11) is 0. The summed E-state index contributed by atoms with van der Waals surface area (Å²) in [6.45, 7) is 2.49. The third-order valence-corrected chi connectivity index (χ3v) is 2.20. The van der Waals surface area contributed by atoms with Gasteiger partial charge < -0.3 is 20.8 Å². The van der Waals surface area contributed by atoms with Crippen molar-refractivity contribution in [1.82, 2.24) is 15.1 Å². The average molecular weight is 270 g/mol. The van der Waals surface area contributed by atoms with Gasteiger partial charge in [0.1, 0.15) is 6.04 Å². The summed E-state index contributed by atoms with van der Waals surface area (Å²) < 4.78 is 1.57. The number of carboxylic acids is 2. The topological polar surface area (TPSA) is 134 Å². The third-order valence-electron chi connectivity index (χ3n) is 2.20. The molecule has 0 bridgehead atoms. The molecule has 0 saturated heterocycles. The van der Waals surface area contributed by atoms with Crippen molar-refractivity contribution in [2.24, 2.45) is 0 Å². The highest BCUT2D eigenvalue weighted by Gasteiger charge is 2.23. The van der Waals surface area contributed by atoms with Crippen LogP contribution in [0.5, 0.6) is 0 Å². The normalized spacial score (nSPS) is 11.6. The number of aryl methyl sites for hydroxylation is 1. The number of aliphatic carboxylic acids is 2. The zero-order valence-corrected chi connectivity index (χ0v) is 10.2. The van der Waals surface area contributed by atoms with Crippen molar-refractivity contribution >= 4 is 23.7 Å². The summed E-state index contributed by atoms with van der Waals surface area (Å²) in [4.78, 5) is 32.7. The Morgan fingerprint density at radius 3 is 2.58 bits per heavy atom. The second kappa shape index (κ2) is 6.38. The smallest absolute Gasteiger partial charge is 0.326 e. The first-order chi connectivity index (χ1) is 8.92. The number of hydrogen-bond donors (Lipinski definition) is 4. The van der Waals surface area contributed by atoms with Gasteiger partial charge >= 0.3 is 18.0 Å². The van der Waals surface area contributed by atoms with Crippen LogP contribution in [-0.4, -0.2) is 44.0 Å². The predicted molar refractivity (Wildman–Crippen MR) is 63.7 cm³/mol. The molecule has 4 N–H and O–H groups in total. The first kappa shape index (κ1) is 14.5. The molecule has 1 heterocycles. The number of nitrogens with one attached hydrogen (secondary N) is 2. The lowest BCUT2D eigenvalue weighted by Gasteiger charge is -2.12. The van der Waals surface area contributed by atoms with Crippen LogP contribution < -0.4 is 10.6 Å². The van der Waals surface area contributed by atoms with E-state index in [0.29, 0.717) is 12.2 Å². The molecule has 0 aliphatic carbocycles. The van der Waals surface area contributed by atoms with Crippen LogP contribution in [-0.2, 0) is 16.1 Å². The molecule has 0 saturated carbocycles. The van der Waals surface area contributed by atoms with Crippen molar-refractivity contribution in [2.45, 2.75) is 25.9 Å². The van der Waals surface area contributed by atoms with Gasteiger partial charge in [0.2, 0.25) is 0 Å². The molecular formula is C10H14N4O5. The van der Waals surface area contributed by atoms with Gasteiger partial charge in [0, 0.05) is 12.7 Å². The zero-order chi connectivity index (χ0) is 14.4. The molecule has 19 heavy (non-hydrogen) atoms. The van der Waals surface area contributed by atoms with Gasteiger partial charge in [-0.1, -0.05) is 0 Å². The monoisotopic (exact) mass is 270 g/mol. The van der Waals surface area contributed by atoms with E-state index in [4.69, 9.17) is 10.2 Å². The maximum absolute atomic E-state index is 11.5. The van der Waals surface area contributed by atoms with Crippen molar-refractivity contribution in [1.29, 1.82) is 0 Å². The van der Waals surface area contributed by atoms with Crippen LogP contribution in [0.2, 0.25) is 0 Å². The summed E-state index contributed by atoms with van der Waals surface area (Å²) in [5.41, 5.74) is 0.388. The standard InChI is InChI=1S/C10H14N4O5/c1-2-14-5-6(4-11-14)12-10(19)13-7(9(17)18)3-8(15)16/h4-5,7H,2-3H2,1H3,(H,15,16)(H,17,18)(H2,12,13,19)/t7-/m1/s1. The summed E-state index contributed by atoms with van der Waals surface area (Å²) in [5.74, 6) is -2.73. The molecule has 0 unspecified atom stereocenters. The summed E-state index contributed by atoms with van der Waals surface area (Å²) in [6, 6.07) is -2.29. The van der Waals surface area contributed by atoms with Gasteiger partial charge in [0.25, 0.3) is 0 Å². The van der Waals surface area contributed by atoms with Gasteiger partial charge in [-0.3, -0.25) is 9.48 Å². The van der Waals surface area contributed by atoms with Gasteiger partial charge in [-0.15, -0.1) is 0 Å². The molecule has 2 amide bonds. The van der Waals surface area contributed by atoms with Crippen LogP contribution in [0.4, 0.5) is 10.5 Å². The molecule has 0 radical (unpaired) electrons. The molecule has 1 aromatic heterocycles. The molecule has 1 aromatic rings. The van der Waals surface area contributed by atoms with E-state index in [1.165, 1.54) is 6.20 Å². The zero-order valence-electron chi connectivity index (χ0n) is 10.2. The fourth-order valence-corrected chi connectivity index (χ4v) is 1.30. The van der Waals surface area contributed by atoms with Crippen LogP contribution in [0, 0.1) is 0 Å². The summed E-state index contributed by atoms with van der Waals surface area (Å²) in [5, 5.41) is 25.6. The first-order valence-corrected chi connectivity index (χ1v) is 5.47. The molecule has 0 aliphatic rings. The van der Waals surface area contributed by atoms with E-state index >= 15 is 0 Å².